The van der Waals surface area contributed by atoms with Gasteiger partial charge in [0, 0.05) is 53.1 Å². The third-order valence-corrected chi connectivity index (χ3v) is 12.8. The number of benzene rings is 4. The average Bonchev–Trinajstić information content (AvgIpc) is 3.62. The van der Waals surface area contributed by atoms with E-state index in [1.54, 1.807) is 67.7 Å². The van der Waals surface area contributed by atoms with E-state index in [1.165, 1.54) is 34.2 Å². The Morgan fingerprint density at radius 1 is 0.915 bits per heavy atom. The number of rotatable bonds is 8. The van der Waals surface area contributed by atoms with Crippen LogP contribution in [0.25, 0.3) is 11.0 Å². The molecule has 1 aliphatic carbocycles. The van der Waals surface area contributed by atoms with Gasteiger partial charge in [0.1, 0.15) is 11.4 Å². The zero-order valence-corrected chi connectivity index (χ0v) is 34.3. The Labute approximate surface area is 349 Å². The molecule has 2 amide bonds. The molecule has 4 heterocycles. The number of anilines is 1. The number of amides is 2. The molecule has 0 radical (unpaired) electrons. The molecule has 0 bridgehead atoms. The molecule has 9 rings (SSSR count). The second-order valence-corrected chi connectivity index (χ2v) is 16.2. The van der Waals surface area contributed by atoms with E-state index < -0.39 is 52.0 Å². The maximum absolute atomic E-state index is 15.4. The lowest BCUT2D eigenvalue weighted by Gasteiger charge is -2.49. The van der Waals surface area contributed by atoms with Gasteiger partial charge in [0.2, 0.25) is 11.8 Å². The Balaban J connectivity index is 1.19. The zero-order chi connectivity index (χ0) is 41.5. The molecule has 6 aromatic rings. The summed E-state index contributed by atoms with van der Waals surface area (Å²) in [4.78, 5) is 78.4. The predicted octanol–water partition coefficient (Wildman–Crippen LogP) is 5.24. The van der Waals surface area contributed by atoms with Crippen molar-refractivity contribution >= 4 is 56.1 Å². The second-order valence-electron chi connectivity index (χ2n) is 14.9. The lowest BCUT2D eigenvalue weighted by Crippen LogP contribution is -2.53. The van der Waals surface area contributed by atoms with Crippen LogP contribution in [0.2, 0.25) is 5.02 Å². The highest BCUT2D eigenvalue weighted by molar-refractivity contribution is 9.10. The molecule has 300 valence electrons. The lowest BCUT2D eigenvalue weighted by molar-refractivity contribution is -0.124. The fraction of sp³-hybridized carbons (Fsp3) is 0.256. The van der Waals surface area contributed by atoms with Crippen LogP contribution < -0.4 is 31.3 Å². The Kier molecular flexibility index (Phi) is 9.27. The van der Waals surface area contributed by atoms with E-state index in [9.17, 15) is 24.3 Å². The molecule has 4 atom stereocenters. The molecule has 16 heteroatoms. The average molecular weight is 880 g/mol. The number of aryl methyl sites for hydroxylation is 2. The lowest BCUT2D eigenvalue weighted by atomic mass is 9.53. The molecule has 3 aliphatic rings. The number of carbonyl (C=O) groups is 2. The highest BCUT2D eigenvalue weighted by Crippen LogP contribution is 2.63. The molecule has 1 saturated carbocycles. The minimum atomic E-state index is -1.58. The van der Waals surface area contributed by atoms with Crippen molar-refractivity contribution in [3.63, 3.8) is 0 Å². The summed E-state index contributed by atoms with van der Waals surface area (Å²) in [6, 6.07) is 22.9. The van der Waals surface area contributed by atoms with Gasteiger partial charge in [-0.05, 0) is 54.0 Å². The topological polar surface area (TPSA) is 160 Å². The molecule has 1 N–H and O–H groups in total. The number of halogens is 2. The van der Waals surface area contributed by atoms with Gasteiger partial charge >= 0.3 is 11.4 Å². The van der Waals surface area contributed by atoms with Crippen LogP contribution in [0.1, 0.15) is 35.2 Å². The molecule has 2 fully saturated rings. The molecule has 2 aliphatic heterocycles. The summed E-state index contributed by atoms with van der Waals surface area (Å²) in [5.74, 6) is -2.28. The molecule has 4 aromatic carbocycles. The van der Waals surface area contributed by atoms with E-state index in [0.717, 1.165) is 9.47 Å². The first-order valence-electron chi connectivity index (χ1n) is 18.8. The summed E-state index contributed by atoms with van der Waals surface area (Å²) in [5, 5.41) is 12.0. The van der Waals surface area contributed by atoms with Crippen molar-refractivity contribution in [2.45, 2.75) is 43.3 Å². The number of imide groups is 1. The van der Waals surface area contributed by atoms with E-state index in [1.807, 2.05) is 24.3 Å². The monoisotopic (exact) mass is 878 g/mol. The van der Waals surface area contributed by atoms with Crippen LogP contribution >= 0.6 is 27.5 Å². The fourth-order valence-electron chi connectivity index (χ4n) is 9.44. The predicted molar refractivity (Wildman–Crippen MR) is 223 cm³/mol. The number of fused-ring (bicyclic) bond motifs is 5. The molecule has 0 spiro atoms. The molecular weight excluding hydrogens is 844 g/mol. The van der Waals surface area contributed by atoms with Crippen molar-refractivity contribution in [2.24, 2.45) is 13.0 Å². The minimum Gasteiger partial charge on any atom is -0.508 e. The van der Waals surface area contributed by atoms with Crippen LogP contribution in [-0.4, -0.2) is 54.6 Å². The van der Waals surface area contributed by atoms with Crippen molar-refractivity contribution in [1.29, 1.82) is 0 Å². The second kappa shape index (κ2) is 14.3. The van der Waals surface area contributed by atoms with Crippen LogP contribution in [0.4, 0.5) is 5.69 Å². The van der Waals surface area contributed by atoms with E-state index in [-0.39, 0.29) is 43.1 Å². The Morgan fingerprint density at radius 2 is 1.66 bits per heavy atom. The number of ether oxygens (including phenoxy) is 2. The fourth-order valence-corrected chi connectivity index (χ4v) is 10.00. The van der Waals surface area contributed by atoms with Crippen LogP contribution in [-0.2, 0) is 41.6 Å². The number of aromatic hydroxyl groups is 1. The van der Waals surface area contributed by atoms with E-state index >= 15 is 4.79 Å². The maximum Gasteiger partial charge on any atom is 0.347 e. The van der Waals surface area contributed by atoms with E-state index in [4.69, 9.17) is 21.1 Å². The first-order valence-corrected chi connectivity index (χ1v) is 20.0. The molecule has 59 heavy (non-hydrogen) atoms. The van der Waals surface area contributed by atoms with E-state index in [0.29, 0.717) is 48.7 Å². The van der Waals surface area contributed by atoms with Gasteiger partial charge in [-0.2, -0.15) is 0 Å². The summed E-state index contributed by atoms with van der Waals surface area (Å²) >= 11 is 9.96. The van der Waals surface area contributed by atoms with Crippen LogP contribution in [0.15, 0.2) is 115 Å². The van der Waals surface area contributed by atoms with Crippen molar-refractivity contribution in [2.75, 3.05) is 19.1 Å². The molecule has 2 aromatic heterocycles. The van der Waals surface area contributed by atoms with Crippen molar-refractivity contribution in [1.82, 2.24) is 23.5 Å². The third-order valence-electron chi connectivity index (χ3n) is 12.0. The highest BCUT2D eigenvalue weighted by atomic mass is 79.9. The third kappa shape index (κ3) is 5.65. The number of phenols is 1. The highest BCUT2D eigenvalue weighted by Gasteiger charge is 2.69. The number of phenolic OH excluding ortho intramolecular Hbond substituents is 1. The first-order chi connectivity index (χ1) is 28.4. The van der Waals surface area contributed by atoms with Gasteiger partial charge in [-0.15, -0.1) is 0 Å². The van der Waals surface area contributed by atoms with Crippen LogP contribution in [0.5, 0.6) is 17.2 Å². The maximum atomic E-state index is 15.4. The van der Waals surface area contributed by atoms with Gasteiger partial charge in [0.15, 0.2) is 11.5 Å². The number of hydrogen-bond acceptors (Lipinski definition) is 9. The smallest absolute Gasteiger partial charge is 0.347 e. The summed E-state index contributed by atoms with van der Waals surface area (Å²) in [5.41, 5.74) is -0.313. The van der Waals surface area contributed by atoms with Gasteiger partial charge < -0.3 is 19.1 Å². The molecule has 1 saturated heterocycles. The summed E-state index contributed by atoms with van der Waals surface area (Å²) in [6.07, 6.45) is 1.76. The number of aromatic nitrogens is 5. The Morgan fingerprint density at radius 3 is 2.39 bits per heavy atom. The summed E-state index contributed by atoms with van der Waals surface area (Å²) in [6.45, 7) is -0.202. The van der Waals surface area contributed by atoms with Gasteiger partial charge in [0.05, 0.1) is 54.9 Å². The SMILES string of the molecule is COc1cc2nc(CCn3c(=O)n4n(c3=O)C3CC5C(=O)N(c6cccc(Cl)c6)C(=O)C5(c5ccccc5)C(c5cc(Br)ccc5O)C3=CC4)c(=O)n(C)c2cc1OC. The minimum absolute atomic E-state index is 0.0188. The Bertz CT molecular complexity index is 2970. The molecule has 14 nitrogen and oxygen atoms in total. The quantitative estimate of drug-likeness (QED) is 0.160. The van der Waals surface area contributed by atoms with Crippen molar-refractivity contribution < 1.29 is 24.2 Å². The summed E-state index contributed by atoms with van der Waals surface area (Å²) < 4.78 is 16.7. The number of hydrogen-bond donors (Lipinski definition) is 1. The van der Waals surface area contributed by atoms with Crippen LogP contribution in [0.3, 0.4) is 0 Å². The number of allylic oxidation sites excluding steroid dienone is 2. The normalized spacial score (nSPS) is 20.9. The number of nitrogens with zero attached hydrogens (tertiary/aromatic N) is 6. The number of carbonyl (C=O) groups excluding carboxylic acids is 2. The van der Waals surface area contributed by atoms with Gasteiger partial charge in [-0.1, -0.05) is 70.0 Å². The number of methoxy groups -OCH3 is 2. The molecular formula is C43H36BrClN6O8. The Hall–Kier alpha value is -6.19. The van der Waals surface area contributed by atoms with Crippen molar-refractivity contribution in [3.8, 4) is 17.2 Å². The van der Waals surface area contributed by atoms with Crippen molar-refractivity contribution in [3.05, 3.63) is 154 Å². The van der Waals surface area contributed by atoms with Gasteiger partial charge in [0.25, 0.3) is 5.56 Å². The molecule has 4 unspecified atom stereocenters. The van der Waals surface area contributed by atoms with Gasteiger partial charge in [-0.3, -0.25) is 14.4 Å². The first kappa shape index (κ1) is 38.3. The van der Waals surface area contributed by atoms with Gasteiger partial charge in [-0.25, -0.2) is 33.4 Å². The van der Waals surface area contributed by atoms with Crippen LogP contribution in [0, 0.1) is 5.92 Å². The standard InChI is InChI=1S/C43H36BrClN6O8/c1-47-33-22-36(59-3)35(58-2)21-31(33)46-30(39(47)54)15-16-48-41(56)49-17-14-27-32(51(49)42(48)57)20-29-38(53)50(26-11-7-10-25(45)19-26)40(55)43(29,23-8-5-4-6-9-23)37(27)28-18-24(44)12-13-34(28)52/h4-14,18-19,21-22,29,32,37,52H,15-17,20H2,1-3H3. The largest absolute Gasteiger partial charge is 0.508 e. The summed E-state index contributed by atoms with van der Waals surface area (Å²) in [7, 11) is 4.59. The zero-order valence-electron chi connectivity index (χ0n) is 32.0. The van der Waals surface area contributed by atoms with E-state index in [2.05, 4.69) is 20.9 Å².